The van der Waals surface area contributed by atoms with Crippen LogP contribution in [0.4, 0.5) is 11.4 Å². The molecule has 2 aromatic rings. The third kappa shape index (κ3) is 3.51. The van der Waals surface area contributed by atoms with Crippen molar-refractivity contribution in [3.63, 3.8) is 0 Å². The number of carbonyl (C=O) groups excluding carboxylic acids is 1. The van der Waals surface area contributed by atoms with E-state index in [9.17, 15) is 14.9 Å². The molecule has 1 N–H and O–H groups in total. The largest absolute Gasteiger partial charge is 0.497 e. The molecule has 0 aliphatic rings. The van der Waals surface area contributed by atoms with Gasteiger partial charge in [0.1, 0.15) is 30.4 Å². The van der Waals surface area contributed by atoms with E-state index in [2.05, 4.69) is 10.4 Å². The molecule has 9 nitrogen and oxygen atoms in total. The van der Waals surface area contributed by atoms with Crippen molar-refractivity contribution >= 4 is 17.3 Å². The Labute approximate surface area is 125 Å². The second-order valence-electron chi connectivity index (χ2n) is 4.27. The number of aromatic nitrogens is 2. The summed E-state index contributed by atoms with van der Waals surface area (Å²) in [6.45, 7) is -0.159. The van der Waals surface area contributed by atoms with Crippen LogP contribution >= 0.6 is 0 Å². The van der Waals surface area contributed by atoms with Gasteiger partial charge >= 0.3 is 5.69 Å². The van der Waals surface area contributed by atoms with E-state index in [1.54, 1.807) is 18.2 Å². The van der Waals surface area contributed by atoms with Gasteiger partial charge < -0.3 is 14.8 Å². The molecular weight excluding hydrogens is 292 g/mol. The molecule has 2 rings (SSSR count). The van der Waals surface area contributed by atoms with Gasteiger partial charge in [0.2, 0.25) is 5.91 Å². The van der Waals surface area contributed by atoms with Crippen LogP contribution in [0.1, 0.15) is 0 Å². The van der Waals surface area contributed by atoms with Gasteiger partial charge in [0, 0.05) is 6.07 Å². The maximum atomic E-state index is 12.0. The van der Waals surface area contributed by atoms with Gasteiger partial charge in [0.25, 0.3) is 0 Å². The van der Waals surface area contributed by atoms with Gasteiger partial charge in [-0.25, -0.2) is 0 Å². The lowest BCUT2D eigenvalue weighted by Crippen LogP contribution is -2.19. The number of ether oxygens (including phenoxy) is 2. The molecule has 0 saturated carbocycles. The van der Waals surface area contributed by atoms with Crippen molar-refractivity contribution in [2.75, 3.05) is 19.5 Å². The first-order chi connectivity index (χ1) is 10.5. The Hall–Kier alpha value is -3.10. The summed E-state index contributed by atoms with van der Waals surface area (Å²) in [5.74, 6) is 0.635. The quantitative estimate of drug-likeness (QED) is 0.639. The summed E-state index contributed by atoms with van der Waals surface area (Å²) in [6, 6.07) is 4.97. The molecule has 1 amide bonds. The highest BCUT2D eigenvalue weighted by atomic mass is 16.6. The summed E-state index contributed by atoms with van der Waals surface area (Å²) < 4.78 is 11.4. The van der Waals surface area contributed by atoms with Crippen LogP contribution in [-0.4, -0.2) is 34.8 Å². The maximum Gasteiger partial charge on any atom is 0.307 e. The molecule has 0 unspecified atom stereocenters. The van der Waals surface area contributed by atoms with E-state index in [1.807, 2.05) is 0 Å². The number of hydrogen-bond donors (Lipinski definition) is 1. The molecule has 0 atom stereocenters. The lowest BCUT2D eigenvalue weighted by atomic mass is 10.2. The first-order valence-electron chi connectivity index (χ1n) is 6.22. The third-order valence-electron chi connectivity index (χ3n) is 2.82. The number of methoxy groups -OCH3 is 2. The van der Waals surface area contributed by atoms with Crippen LogP contribution in [0.3, 0.4) is 0 Å². The average Bonchev–Trinajstić information content (AvgIpc) is 2.95. The lowest BCUT2D eigenvalue weighted by molar-refractivity contribution is -0.385. The number of amides is 1. The number of carbonyl (C=O) groups is 1. The van der Waals surface area contributed by atoms with Crippen LogP contribution in [-0.2, 0) is 11.3 Å². The minimum absolute atomic E-state index is 0.159. The first-order valence-corrected chi connectivity index (χ1v) is 6.22. The van der Waals surface area contributed by atoms with Gasteiger partial charge in [0.05, 0.1) is 24.8 Å². The highest BCUT2D eigenvalue weighted by molar-refractivity contribution is 5.92. The Morgan fingerprint density at radius 1 is 1.41 bits per heavy atom. The molecule has 0 bridgehead atoms. The molecule has 0 aliphatic carbocycles. The van der Waals surface area contributed by atoms with E-state index in [1.165, 1.54) is 25.1 Å². The van der Waals surface area contributed by atoms with Gasteiger partial charge in [-0.2, -0.15) is 5.10 Å². The Morgan fingerprint density at radius 2 is 2.18 bits per heavy atom. The van der Waals surface area contributed by atoms with Crippen LogP contribution in [0.15, 0.2) is 30.6 Å². The van der Waals surface area contributed by atoms with Crippen molar-refractivity contribution in [1.29, 1.82) is 0 Å². The average molecular weight is 306 g/mol. The first kappa shape index (κ1) is 15.3. The molecule has 1 heterocycles. The van der Waals surface area contributed by atoms with Gasteiger partial charge in [-0.3, -0.25) is 19.6 Å². The van der Waals surface area contributed by atoms with Crippen molar-refractivity contribution in [1.82, 2.24) is 9.78 Å². The van der Waals surface area contributed by atoms with Crippen molar-refractivity contribution in [2.24, 2.45) is 0 Å². The number of benzene rings is 1. The number of nitro groups is 1. The van der Waals surface area contributed by atoms with E-state index in [-0.39, 0.29) is 12.2 Å². The van der Waals surface area contributed by atoms with Crippen LogP contribution in [0, 0.1) is 10.1 Å². The molecule has 0 radical (unpaired) electrons. The van der Waals surface area contributed by atoms with Gasteiger partial charge in [-0.1, -0.05) is 0 Å². The van der Waals surface area contributed by atoms with Crippen LogP contribution in [0.25, 0.3) is 0 Å². The van der Waals surface area contributed by atoms with E-state index in [0.717, 1.165) is 6.20 Å². The molecule has 0 fully saturated rings. The molecule has 1 aromatic carbocycles. The summed E-state index contributed by atoms with van der Waals surface area (Å²) in [4.78, 5) is 22.0. The van der Waals surface area contributed by atoms with Gasteiger partial charge in [-0.15, -0.1) is 0 Å². The molecule has 116 valence electrons. The Balaban J connectivity index is 2.09. The van der Waals surface area contributed by atoms with Gasteiger partial charge in [-0.05, 0) is 12.1 Å². The SMILES string of the molecule is COc1ccc(OC)c(NC(=O)Cn2cc([N+](=O)[O-])cn2)c1. The number of nitrogens with zero attached hydrogens (tertiary/aromatic N) is 3. The maximum absolute atomic E-state index is 12.0. The van der Waals surface area contributed by atoms with Crippen molar-refractivity contribution in [3.05, 3.63) is 40.7 Å². The lowest BCUT2D eigenvalue weighted by Gasteiger charge is -2.11. The zero-order valence-electron chi connectivity index (χ0n) is 12.0. The Bertz CT molecular complexity index is 697. The fraction of sp³-hybridized carbons (Fsp3) is 0.231. The number of rotatable bonds is 6. The van der Waals surface area contributed by atoms with E-state index in [0.29, 0.717) is 17.2 Å². The fourth-order valence-corrected chi connectivity index (χ4v) is 1.78. The smallest absolute Gasteiger partial charge is 0.307 e. The molecule has 22 heavy (non-hydrogen) atoms. The monoisotopic (exact) mass is 306 g/mol. The van der Waals surface area contributed by atoms with Crippen molar-refractivity contribution in [2.45, 2.75) is 6.54 Å². The van der Waals surface area contributed by atoms with E-state index in [4.69, 9.17) is 9.47 Å². The predicted molar refractivity (Wildman–Crippen MR) is 77.1 cm³/mol. The number of anilines is 1. The minimum Gasteiger partial charge on any atom is -0.497 e. The second-order valence-corrected chi connectivity index (χ2v) is 4.27. The topological polar surface area (TPSA) is 109 Å². The standard InChI is InChI=1S/C13H14N4O5/c1-21-10-3-4-12(22-2)11(5-10)15-13(18)8-16-7-9(6-14-16)17(19)20/h3-7H,8H2,1-2H3,(H,15,18). The van der Waals surface area contributed by atoms with E-state index < -0.39 is 10.8 Å². The summed E-state index contributed by atoms with van der Waals surface area (Å²) in [6.07, 6.45) is 2.27. The summed E-state index contributed by atoms with van der Waals surface area (Å²) in [5, 5.41) is 17.0. The molecular formula is C13H14N4O5. The normalized spacial score (nSPS) is 10.1. The summed E-state index contributed by atoms with van der Waals surface area (Å²) in [5.41, 5.74) is 0.264. The fourth-order valence-electron chi connectivity index (χ4n) is 1.78. The predicted octanol–water partition coefficient (Wildman–Crippen LogP) is 1.45. The summed E-state index contributed by atoms with van der Waals surface area (Å²) in [7, 11) is 2.99. The number of hydrogen-bond acceptors (Lipinski definition) is 6. The zero-order chi connectivity index (χ0) is 16.1. The van der Waals surface area contributed by atoms with E-state index >= 15 is 0 Å². The van der Waals surface area contributed by atoms with Crippen LogP contribution in [0.2, 0.25) is 0 Å². The Kier molecular flexibility index (Phi) is 4.57. The van der Waals surface area contributed by atoms with Crippen LogP contribution in [0.5, 0.6) is 11.5 Å². The zero-order valence-corrected chi connectivity index (χ0v) is 12.0. The van der Waals surface area contributed by atoms with Crippen LogP contribution < -0.4 is 14.8 Å². The molecule has 0 saturated heterocycles. The Morgan fingerprint density at radius 3 is 2.77 bits per heavy atom. The minimum atomic E-state index is -0.577. The molecule has 0 aliphatic heterocycles. The highest BCUT2D eigenvalue weighted by Crippen LogP contribution is 2.28. The van der Waals surface area contributed by atoms with Crippen molar-refractivity contribution < 1.29 is 19.2 Å². The van der Waals surface area contributed by atoms with Crippen molar-refractivity contribution in [3.8, 4) is 11.5 Å². The third-order valence-corrected chi connectivity index (χ3v) is 2.82. The summed E-state index contributed by atoms with van der Waals surface area (Å²) >= 11 is 0. The van der Waals surface area contributed by atoms with Gasteiger partial charge in [0.15, 0.2) is 0 Å². The second kappa shape index (κ2) is 6.57. The molecule has 1 aromatic heterocycles. The number of nitrogens with one attached hydrogen (secondary N) is 1. The molecule has 0 spiro atoms. The molecule has 9 heteroatoms. The highest BCUT2D eigenvalue weighted by Gasteiger charge is 2.13.